The van der Waals surface area contributed by atoms with Crippen LogP contribution in [0.1, 0.15) is 53.3 Å². The number of carbonyl (C=O) groups is 1. The number of nitrogens with one attached hydrogen (secondary N) is 2. The minimum absolute atomic E-state index is 0.123. The summed E-state index contributed by atoms with van der Waals surface area (Å²) in [6.45, 7) is 0.435. The lowest BCUT2D eigenvalue weighted by atomic mass is 9.49. The fraction of sp³-hybridized carbons (Fsp3) is 0.267. The number of amides is 1. The highest BCUT2D eigenvalue weighted by molar-refractivity contribution is 5.93. The number of aromatic nitrogens is 4. The SMILES string of the molecule is O=C(NC1CC2(C1)CC(c1n[nH]c(=O)c3ccccc13)C2)c1cnc2c(OCc3ccccc3)cccn12. The maximum atomic E-state index is 13.1. The molecule has 0 atom stereocenters. The fourth-order valence-corrected chi connectivity index (χ4v) is 6.31. The van der Waals surface area contributed by atoms with Crippen molar-refractivity contribution in [1.82, 2.24) is 24.9 Å². The summed E-state index contributed by atoms with van der Waals surface area (Å²) in [6, 6.07) is 21.5. The van der Waals surface area contributed by atoms with Gasteiger partial charge in [0.25, 0.3) is 11.5 Å². The Hall–Kier alpha value is -4.46. The highest BCUT2D eigenvalue weighted by Crippen LogP contribution is 2.62. The number of carbonyl (C=O) groups excluding carboxylic acids is 1. The van der Waals surface area contributed by atoms with E-state index in [-0.39, 0.29) is 22.9 Å². The maximum absolute atomic E-state index is 13.1. The Balaban J connectivity index is 0.989. The van der Waals surface area contributed by atoms with Crippen molar-refractivity contribution in [1.29, 1.82) is 0 Å². The molecule has 3 aromatic heterocycles. The van der Waals surface area contributed by atoms with E-state index in [4.69, 9.17) is 4.74 Å². The predicted molar refractivity (Wildman–Crippen MR) is 143 cm³/mol. The molecule has 0 bridgehead atoms. The summed E-state index contributed by atoms with van der Waals surface area (Å²) in [5, 5.41) is 11.9. The standard InChI is InChI=1S/C30H27N5O3/c36-28-23-10-5-4-9-22(23)26(33-34-28)20-13-30(14-20)15-21(16-30)32-29(37)24-17-31-27-25(11-6-12-35(24)27)38-18-19-7-2-1-3-8-19/h1-12,17,20-21H,13-16,18H2,(H,32,37)(H,34,36). The van der Waals surface area contributed by atoms with Crippen molar-refractivity contribution in [2.75, 3.05) is 0 Å². The van der Waals surface area contributed by atoms with Crippen LogP contribution in [-0.2, 0) is 6.61 Å². The highest BCUT2D eigenvalue weighted by atomic mass is 16.5. The van der Waals surface area contributed by atoms with Crippen LogP contribution in [0.15, 0.2) is 83.9 Å². The molecule has 8 heteroatoms. The molecule has 2 aromatic carbocycles. The highest BCUT2D eigenvalue weighted by Gasteiger charge is 2.54. The van der Waals surface area contributed by atoms with E-state index in [1.807, 2.05) is 72.9 Å². The number of hydrogen-bond donors (Lipinski definition) is 2. The first-order chi connectivity index (χ1) is 18.6. The van der Waals surface area contributed by atoms with Gasteiger partial charge in [0.2, 0.25) is 0 Å². The monoisotopic (exact) mass is 505 g/mol. The number of imidazole rings is 1. The van der Waals surface area contributed by atoms with Crippen LogP contribution in [0.3, 0.4) is 0 Å². The van der Waals surface area contributed by atoms with Crippen molar-refractivity contribution in [2.45, 2.75) is 44.2 Å². The number of benzene rings is 2. The lowest BCUT2D eigenvalue weighted by molar-refractivity contribution is -0.0197. The van der Waals surface area contributed by atoms with Crippen molar-refractivity contribution in [2.24, 2.45) is 5.41 Å². The molecule has 0 radical (unpaired) electrons. The summed E-state index contributed by atoms with van der Waals surface area (Å²) in [4.78, 5) is 29.7. The predicted octanol–water partition coefficient (Wildman–Crippen LogP) is 4.61. The molecule has 2 saturated carbocycles. The Bertz CT molecular complexity index is 1710. The third kappa shape index (κ3) is 3.84. The van der Waals surface area contributed by atoms with Gasteiger partial charge in [0.05, 0.1) is 17.3 Å². The van der Waals surface area contributed by atoms with Gasteiger partial charge in [-0.3, -0.25) is 14.0 Å². The molecular formula is C30H27N5O3. The van der Waals surface area contributed by atoms with Gasteiger partial charge in [-0.25, -0.2) is 10.1 Å². The average Bonchev–Trinajstić information content (AvgIpc) is 3.34. The molecule has 8 nitrogen and oxygen atoms in total. The van der Waals surface area contributed by atoms with Crippen molar-refractivity contribution in [3.8, 4) is 5.75 Å². The van der Waals surface area contributed by atoms with Gasteiger partial charge in [-0.2, -0.15) is 5.10 Å². The molecule has 1 spiro atoms. The number of H-pyrrole nitrogens is 1. The first-order valence-corrected chi connectivity index (χ1v) is 13.0. The van der Waals surface area contributed by atoms with E-state index in [9.17, 15) is 9.59 Å². The summed E-state index contributed by atoms with van der Waals surface area (Å²) in [5.41, 5.74) is 3.28. The average molecular weight is 506 g/mol. The van der Waals surface area contributed by atoms with Gasteiger partial charge in [-0.05, 0) is 54.9 Å². The lowest BCUT2D eigenvalue weighted by Gasteiger charge is -2.57. The van der Waals surface area contributed by atoms with Crippen LogP contribution in [0.5, 0.6) is 5.75 Å². The normalized spacial score (nSPS) is 22.2. The van der Waals surface area contributed by atoms with Crippen molar-refractivity contribution in [3.05, 3.63) is 106 Å². The number of fused-ring (bicyclic) bond motifs is 2. The summed E-state index contributed by atoms with van der Waals surface area (Å²) in [6.07, 6.45) is 7.42. The second-order valence-electron chi connectivity index (χ2n) is 10.7. The van der Waals surface area contributed by atoms with Crippen LogP contribution in [0.4, 0.5) is 0 Å². The summed E-state index contributed by atoms with van der Waals surface area (Å²) in [7, 11) is 0. The van der Waals surface area contributed by atoms with Gasteiger partial charge < -0.3 is 10.1 Å². The fourth-order valence-electron chi connectivity index (χ4n) is 6.31. The largest absolute Gasteiger partial charge is 0.485 e. The van der Waals surface area contributed by atoms with E-state index in [0.29, 0.717) is 35.0 Å². The van der Waals surface area contributed by atoms with Crippen LogP contribution >= 0.6 is 0 Å². The van der Waals surface area contributed by atoms with Crippen LogP contribution in [0, 0.1) is 5.41 Å². The van der Waals surface area contributed by atoms with Crippen LogP contribution in [0.2, 0.25) is 0 Å². The van der Waals surface area contributed by atoms with Gasteiger partial charge in [0, 0.05) is 23.5 Å². The van der Waals surface area contributed by atoms with E-state index < -0.39 is 0 Å². The lowest BCUT2D eigenvalue weighted by Crippen LogP contribution is -2.55. The molecule has 1 amide bonds. The molecule has 0 aliphatic heterocycles. The zero-order valence-electron chi connectivity index (χ0n) is 20.8. The number of ether oxygens (including phenoxy) is 1. The quantitative estimate of drug-likeness (QED) is 0.351. The Morgan fingerprint density at radius 2 is 1.76 bits per heavy atom. The van der Waals surface area contributed by atoms with Crippen LogP contribution in [-0.4, -0.2) is 31.5 Å². The summed E-state index contributed by atoms with van der Waals surface area (Å²) in [5.74, 6) is 0.852. The minimum atomic E-state index is -0.146. The molecular weight excluding hydrogens is 478 g/mol. The number of pyridine rings is 1. The molecule has 2 aliphatic carbocycles. The molecule has 38 heavy (non-hydrogen) atoms. The van der Waals surface area contributed by atoms with Gasteiger partial charge >= 0.3 is 0 Å². The Morgan fingerprint density at radius 1 is 1.00 bits per heavy atom. The van der Waals surface area contributed by atoms with E-state index in [1.165, 1.54) is 0 Å². The Labute approximate surface area is 218 Å². The number of hydrogen-bond acceptors (Lipinski definition) is 5. The van der Waals surface area contributed by atoms with Crippen molar-refractivity contribution in [3.63, 3.8) is 0 Å². The van der Waals surface area contributed by atoms with E-state index in [1.54, 1.807) is 10.6 Å². The Morgan fingerprint density at radius 3 is 2.58 bits per heavy atom. The summed E-state index contributed by atoms with van der Waals surface area (Å²) < 4.78 is 7.79. The van der Waals surface area contributed by atoms with Crippen molar-refractivity contribution < 1.29 is 9.53 Å². The molecule has 0 saturated heterocycles. The molecule has 5 aromatic rings. The first kappa shape index (κ1) is 22.7. The number of aromatic amines is 1. The number of nitrogens with zero attached hydrogens (tertiary/aromatic N) is 3. The molecule has 2 aliphatic rings. The topological polar surface area (TPSA) is 101 Å². The second-order valence-corrected chi connectivity index (χ2v) is 10.7. The molecule has 3 heterocycles. The molecule has 7 rings (SSSR count). The van der Waals surface area contributed by atoms with Gasteiger partial charge in [-0.15, -0.1) is 0 Å². The molecule has 0 unspecified atom stereocenters. The van der Waals surface area contributed by atoms with Gasteiger partial charge in [0.15, 0.2) is 11.4 Å². The molecule has 2 fully saturated rings. The second kappa shape index (κ2) is 8.83. The first-order valence-electron chi connectivity index (χ1n) is 13.0. The van der Waals surface area contributed by atoms with E-state index in [0.717, 1.165) is 42.3 Å². The van der Waals surface area contributed by atoms with E-state index in [2.05, 4.69) is 20.5 Å². The minimum Gasteiger partial charge on any atom is -0.485 e. The third-order valence-corrected chi connectivity index (χ3v) is 8.13. The van der Waals surface area contributed by atoms with Crippen molar-refractivity contribution >= 4 is 22.3 Å². The Kier molecular flexibility index (Phi) is 5.28. The van der Waals surface area contributed by atoms with Crippen LogP contribution in [0.25, 0.3) is 16.4 Å². The maximum Gasteiger partial charge on any atom is 0.272 e. The number of rotatable bonds is 6. The zero-order chi connectivity index (χ0) is 25.7. The van der Waals surface area contributed by atoms with Crippen LogP contribution < -0.4 is 15.6 Å². The van der Waals surface area contributed by atoms with E-state index >= 15 is 0 Å². The molecule has 2 N–H and O–H groups in total. The smallest absolute Gasteiger partial charge is 0.272 e. The summed E-state index contributed by atoms with van der Waals surface area (Å²) >= 11 is 0. The van der Waals surface area contributed by atoms with Gasteiger partial charge in [0.1, 0.15) is 12.3 Å². The third-order valence-electron chi connectivity index (χ3n) is 8.13. The van der Waals surface area contributed by atoms with Gasteiger partial charge in [-0.1, -0.05) is 48.5 Å². The molecule has 190 valence electrons. The zero-order valence-corrected chi connectivity index (χ0v) is 20.8.